The summed E-state index contributed by atoms with van der Waals surface area (Å²) in [6.07, 6.45) is 1.65. The summed E-state index contributed by atoms with van der Waals surface area (Å²) < 4.78 is 5.24. The van der Waals surface area contributed by atoms with E-state index < -0.39 is 5.97 Å². The van der Waals surface area contributed by atoms with Crippen molar-refractivity contribution in [3.63, 3.8) is 0 Å². The maximum absolute atomic E-state index is 10.9. The summed E-state index contributed by atoms with van der Waals surface area (Å²) in [5, 5.41) is 18.8. The van der Waals surface area contributed by atoms with Crippen molar-refractivity contribution in [2.45, 2.75) is 0 Å². The van der Waals surface area contributed by atoms with Gasteiger partial charge in [-0.05, 0) is 42.0 Å². The van der Waals surface area contributed by atoms with Crippen LogP contribution in [0.15, 0.2) is 42.5 Å². The second kappa shape index (κ2) is 6.79. The van der Waals surface area contributed by atoms with Crippen LogP contribution >= 0.6 is 11.6 Å². The third kappa shape index (κ3) is 3.46. The Balaban J connectivity index is 2.46. The monoisotopic (exact) mass is 313 g/mol. The van der Waals surface area contributed by atoms with E-state index in [0.717, 1.165) is 0 Å². The van der Waals surface area contributed by atoms with E-state index in [0.29, 0.717) is 27.5 Å². The summed E-state index contributed by atoms with van der Waals surface area (Å²) in [5.41, 5.74) is 1.85. The Bertz CT molecular complexity index is 773. The zero-order valence-corrected chi connectivity index (χ0v) is 12.5. The Morgan fingerprint density at radius 2 is 1.86 bits per heavy atom. The average Bonchev–Trinajstić information content (AvgIpc) is 2.53. The van der Waals surface area contributed by atoms with Gasteiger partial charge < -0.3 is 9.84 Å². The first-order valence-corrected chi connectivity index (χ1v) is 6.72. The van der Waals surface area contributed by atoms with Crippen LogP contribution in [0.25, 0.3) is 11.6 Å². The Labute approximate surface area is 132 Å². The number of benzene rings is 2. The van der Waals surface area contributed by atoms with Gasteiger partial charge in [0.05, 0.1) is 24.3 Å². The summed E-state index contributed by atoms with van der Waals surface area (Å²) in [6.45, 7) is 0. The van der Waals surface area contributed by atoms with E-state index >= 15 is 0 Å². The standard InChI is InChI=1S/C17H12ClNO3/c1-22-16-7-6-15(18)9-13(16)8-14(10-19)11-2-4-12(5-3-11)17(20)21/h2-9H,1H3,(H,20,21). The second-order valence-corrected chi connectivity index (χ2v) is 4.88. The van der Waals surface area contributed by atoms with Gasteiger partial charge in [-0.1, -0.05) is 23.7 Å². The maximum atomic E-state index is 10.9. The molecule has 1 N–H and O–H groups in total. The molecule has 0 fully saturated rings. The molecule has 0 atom stereocenters. The lowest BCUT2D eigenvalue weighted by atomic mass is 10.0. The van der Waals surface area contributed by atoms with Crippen LogP contribution < -0.4 is 4.74 Å². The first kappa shape index (κ1) is 15.6. The van der Waals surface area contributed by atoms with Crippen molar-refractivity contribution in [1.29, 1.82) is 5.26 Å². The molecule has 0 aliphatic heterocycles. The summed E-state index contributed by atoms with van der Waals surface area (Å²) in [4.78, 5) is 10.9. The fraction of sp³-hybridized carbons (Fsp3) is 0.0588. The predicted octanol–water partition coefficient (Wildman–Crippen LogP) is 4.11. The van der Waals surface area contributed by atoms with Crippen molar-refractivity contribution in [3.8, 4) is 11.8 Å². The fourth-order valence-corrected chi connectivity index (χ4v) is 2.13. The summed E-state index contributed by atoms with van der Waals surface area (Å²) in [7, 11) is 1.54. The third-order valence-electron chi connectivity index (χ3n) is 3.05. The van der Waals surface area contributed by atoms with Crippen LogP contribution in [-0.4, -0.2) is 18.2 Å². The normalized spacial score (nSPS) is 10.9. The molecule has 0 unspecified atom stereocenters. The smallest absolute Gasteiger partial charge is 0.335 e. The molecule has 0 aromatic heterocycles. The molecule has 0 heterocycles. The quantitative estimate of drug-likeness (QED) is 0.681. The second-order valence-electron chi connectivity index (χ2n) is 4.44. The molecule has 2 rings (SSSR count). The number of hydrogen-bond acceptors (Lipinski definition) is 3. The van der Waals surface area contributed by atoms with E-state index in [4.69, 9.17) is 21.4 Å². The van der Waals surface area contributed by atoms with Crippen molar-refractivity contribution in [2.24, 2.45) is 0 Å². The molecule has 5 heteroatoms. The number of carboxylic acids is 1. The number of rotatable bonds is 4. The van der Waals surface area contributed by atoms with Gasteiger partial charge in [-0.15, -0.1) is 0 Å². The molecule has 0 amide bonds. The zero-order chi connectivity index (χ0) is 16.1. The molecule has 2 aromatic rings. The Kier molecular flexibility index (Phi) is 4.82. The van der Waals surface area contributed by atoms with E-state index in [-0.39, 0.29) is 5.56 Å². The largest absolute Gasteiger partial charge is 0.496 e. The molecule has 22 heavy (non-hydrogen) atoms. The molecule has 0 spiro atoms. The van der Waals surface area contributed by atoms with E-state index in [9.17, 15) is 10.1 Å². The molecule has 0 bridgehead atoms. The summed E-state index contributed by atoms with van der Waals surface area (Å²) in [6, 6.07) is 13.3. The topological polar surface area (TPSA) is 70.3 Å². The number of nitriles is 1. The highest BCUT2D eigenvalue weighted by atomic mass is 35.5. The SMILES string of the molecule is COc1ccc(Cl)cc1C=C(C#N)c1ccc(C(=O)O)cc1. The number of hydrogen-bond donors (Lipinski definition) is 1. The predicted molar refractivity (Wildman–Crippen MR) is 84.9 cm³/mol. The lowest BCUT2D eigenvalue weighted by Gasteiger charge is -2.06. The minimum absolute atomic E-state index is 0.168. The van der Waals surface area contributed by atoms with Crippen molar-refractivity contribution < 1.29 is 14.6 Å². The Morgan fingerprint density at radius 3 is 2.41 bits per heavy atom. The van der Waals surface area contributed by atoms with Gasteiger partial charge in [-0.3, -0.25) is 0 Å². The molecule has 0 aliphatic carbocycles. The van der Waals surface area contributed by atoms with Gasteiger partial charge in [0.2, 0.25) is 0 Å². The molecule has 0 saturated heterocycles. The van der Waals surface area contributed by atoms with Crippen LogP contribution in [0.5, 0.6) is 5.75 Å². The Morgan fingerprint density at radius 1 is 1.23 bits per heavy atom. The van der Waals surface area contributed by atoms with Gasteiger partial charge in [-0.25, -0.2) is 4.79 Å². The summed E-state index contributed by atoms with van der Waals surface area (Å²) >= 11 is 5.97. The number of carboxylic acid groups (broad SMARTS) is 1. The van der Waals surface area contributed by atoms with Crippen LogP contribution in [-0.2, 0) is 0 Å². The molecule has 0 saturated carbocycles. The van der Waals surface area contributed by atoms with Gasteiger partial charge in [-0.2, -0.15) is 5.26 Å². The van der Waals surface area contributed by atoms with Crippen LogP contribution in [0.3, 0.4) is 0 Å². The molecular weight excluding hydrogens is 302 g/mol. The van der Waals surface area contributed by atoms with Gasteiger partial charge in [0.15, 0.2) is 0 Å². The summed E-state index contributed by atoms with van der Waals surface area (Å²) in [5.74, 6) is -0.412. The average molecular weight is 314 g/mol. The minimum Gasteiger partial charge on any atom is -0.496 e. The van der Waals surface area contributed by atoms with Crippen LogP contribution in [0, 0.1) is 11.3 Å². The van der Waals surface area contributed by atoms with Crippen LogP contribution in [0.1, 0.15) is 21.5 Å². The molecule has 4 nitrogen and oxygen atoms in total. The van der Waals surface area contributed by atoms with Crippen molar-refractivity contribution >= 4 is 29.2 Å². The highest BCUT2D eigenvalue weighted by molar-refractivity contribution is 6.30. The van der Waals surface area contributed by atoms with E-state index in [1.54, 1.807) is 36.4 Å². The molecule has 0 radical (unpaired) electrons. The minimum atomic E-state index is -1.01. The number of nitrogens with zero attached hydrogens (tertiary/aromatic N) is 1. The van der Waals surface area contributed by atoms with E-state index in [1.807, 2.05) is 0 Å². The molecule has 0 aliphatic rings. The van der Waals surface area contributed by atoms with Crippen molar-refractivity contribution in [1.82, 2.24) is 0 Å². The van der Waals surface area contributed by atoms with E-state index in [2.05, 4.69) is 6.07 Å². The molecular formula is C17H12ClNO3. The maximum Gasteiger partial charge on any atom is 0.335 e. The molecule has 2 aromatic carbocycles. The van der Waals surface area contributed by atoms with Crippen molar-refractivity contribution in [2.75, 3.05) is 7.11 Å². The first-order chi connectivity index (χ1) is 10.5. The number of ether oxygens (including phenoxy) is 1. The number of halogens is 1. The highest BCUT2D eigenvalue weighted by Crippen LogP contribution is 2.27. The number of aromatic carboxylic acids is 1. The van der Waals surface area contributed by atoms with Crippen molar-refractivity contribution in [3.05, 3.63) is 64.2 Å². The lowest BCUT2D eigenvalue weighted by molar-refractivity contribution is 0.0697. The van der Waals surface area contributed by atoms with Gasteiger partial charge in [0.1, 0.15) is 5.75 Å². The number of allylic oxidation sites excluding steroid dienone is 1. The van der Waals surface area contributed by atoms with Crippen LogP contribution in [0.4, 0.5) is 0 Å². The first-order valence-electron chi connectivity index (χ1n) is 6.34. The fourth-order valence-electron chi connectivity index (χ4n) is 1.95. The Hall–Kier alpha value is -2.77. The number of methoxy groups -OCH3 is 1. The molecule has 110 valence electrons. The van der Waals surface area contributed by atoms with Gasteiger partial charge >= 0.3 is 5.97 Å². The zero-order valence-electron chi connectivity index (χ0n) is 11.7. The lowest BCUT2D eigenvalue weighted by Crippen LogP contribution is -1.95. The van der Waals surface area contributed by atoms with Crippen LogP contribution in [0.2, 0.25) is 5.02 Å². The van der Waals surface area contributed by atoms with Gasteiger partial charge in [0, 0.05) is 10.6 Å². The van der Waals surface area contributed by atoms with E-state index in [1.165, 1.54) is 19.2 Å². The highest BCUT2D eigenvalue weighted by Gasteiger charge is 2.07. The third-order valence-corrected chi connectivity index (χ3v) is 3.29. The number of carbonyl (C=O) groups is 1. The van der Waals surface area contributed by atoms with Gasteiger partial charge in [0.25, 0.3) is 0 Å².